The molecule has 1 aromatic rings. The van der Waals surface area contributed by atoms with Crippen LogP contribution in [0.3, 0.4) is 0 Å². The number of hydrogen-bond acceptors (Lipinski definition) is 3. The topological polar surface area (TPSA) is 52.7 Å². The van der Waals surface area contributed by atoms with E-state index in [0.717, 1.165) is 42.8 Å². The molecule has 2 aliphatic rings. The van der Waals surface area contributed by atoms with Crippen molar-refractivity contribution in [1.29, 1.82) is 0 Å². The largest absolute Gasteiger partial charge is 0.336 e. The second kappa shape index (κ2) is 6.05. The van der Waals surface area contributed by atoms with Crippen LogP contribution in [0.5, 0.6) is 0 Å². The van der Waals surface area contributed by atoms with Gasteiger partial charge in [0.15, 0.2) is 0 Å². The Bertz CT molecular complexity index is 543. The molecule has 3 rings (SSSR count). The molecule has 1 atom stereocenters. The van der Waals surface area contributed by atoms with Gasteiger partial charge in [-0.05, 0) is 36.3 Å². The SMILES string of the molecule is CCc1ccsc1C(=O)N1CCC[C@H](N2CCNC2=O)C1. The molecule has 2 fully saturated rings. The maximum Gasteiger partial charge on any atom is 0.317 e. The fourth-order valence-corrected chi connectivity index (χ4v) is 4.14. The highest BCUT2D eigenvalue weighted by Crippen LogP contribution is 2.23. The van der Waals surface area contributed by atoms with Gasteiger partial charge in [-0.2, -0.15) is 0 Å². The number of amides is 3. The average molecular weight is 307 g/mol. The molecule has 0 radical (unpaired) electrons. The van der Waals surface area contributed by atoms with Crippen molar-refractivity contribution < 1.29 is 9.59 Å². The van der Waals surface area contributed by atoms with Gasteiger partial charge in [0.25, 0.3) is 5.91 Å². The van der Waals surface area contributed by atoms with E-state index in [-0.39, 0.29) is 18.0 Å². The first kappa shape index (κ1) is 14.4. The Morgan fingerprint density at radius 2 is 2.33 bits per heavy atom. The number of urea groups is 1. The third-order valence-corrected chi connectivity index (χ3v) is 5.28. The molecule has 0 bridgehead atoms. The Morgan fingerprint density at radius 1 is 1.48 bits per heavy atom. The lowest BCUT2D eigenvalue weighted by Gasteiger charge is -2.37. The molecule has 0 unspecified atom stereocenters. The molecule has 6 heteroatoms. The number of likely N-dealkylation sites (tertiary alicyclic amines) is 1. The maximum absolute atomic E-state index is 12.7. The van der Waals surface area contributed by atoms with Crippen LogP contribution in [0.2, 0.25) is 0 Å². The van der Waals surface area contributed by atoms with Crippen molar-refractivity contribution in [1.82, 2.24) is 15.1 Å². The van der Waals surface area contributed by atoms with Crippen LogP contribution < -0.4 is 5.32 Å². The van der Waals surface area contributed by atoms with E-state index >= 15 is 0 Å². The molecule has 0 aromatic carbocycles. The van der Waals surface area contributed by atoms with Gasteiger partial charge in [0.05, 0.1) is 10.9 Å². The first-order valence-electron chi connectivity index (χ1n) is 7.60. The lowest BCUT2D eigenvalue weighted by molar-refractivity contribution is 0.0638. The van der Waals surface area contributed by atoms with Gasteiger partial charge < -0.3 is 15.1 Å². The molecule has 5 nitrogen and oxygen atoms in total. The van der Waals surface area contributed by atoms with Crippen LogP contribution in [0, 0.1) is 0 Å². The molecule has 3 amide bonds. The molecule has 0 saturated carbocycles. The predicted molar refractivity (Wildman–Crippen MR) is 82.7 cm³/mol. The van der Waals surface area contributed by atoms with E-state index in [4.69, 9.17) is 0 Å². The van der Waals surface area contributed by atoms with Gasteiger partial charge in [0.1, 0.15) is 0 Å². The highest BCUT2D eigenvalue weighted by atomic mass is 32.1. The summed E-state index contributed by atoms with van der Waals surface area (Å²) < 4.78 is 0. The zero-order valence-electron chi connectivity index (χ0n) is 12.3. The number of carbonyl (C=O) groups is 2. The molecule has 114 valence electrons. The van der Waals surface area contributed by atoms with Gasteiger partial charge in [-0.25, -0.2) is 4.79 Å². The van der Waals surface area contributed by atoms with Crippen LogP contribution in [0.15, 0.2) is 11.4 Å². The summed E-state index contributed by atoms with van der Waals surface area (Å²) in [6, 6.07) is 2.21. The van der Waals surface area contributed by atoms with Crippen molar-refractivity contribution in [2.75, 3.05) is 26.2 Å². The van der Waals surface area contributed by atoms with E-state index in [0.29, 0.717) is 13.1 Å². The highest BCUT2D eigenvalue weighted by molar-refractivity contribution is 7.12. The fraction of sp³-hybridized carbons (Fsp3) is 0.600. The number of nitrogens with one attached hydrogen (secondary N) is 1. The molecular formula is C15H21N3O2S. The molecule has 2 aliphatic heterocycles. The smallest absolute Gasteiger partial charge is 0.317 e. The molecule has 0 spiro atoms. The van der Waals surface area contributed by atoms with Crippen LogP contribution in [0.4, 0.5) is 4.79 Å². The highest BCUT2D eigenvalue weighted by Gasteiger charge is 2.33. The van der Waals surface area contributed by atoms with Crippen LogP contribution in [-0.4, -0.2) is 54.0 Å². The second-order valence-corrected chi connectivity index (χ2v) is 6.52. The van der Waals surface area contributed by atoms with Crippen LogP contribution in [0.1, 0.15) is 35.0 Å². The minimum absolute atomic E-state index is 0.0136. The number of piperidine rings is 1. The Labute approximate surface area is 128 Å². The Hall–Kier alpha value is -1.56. The first-order valence-corrected chi connectivity index (χ1v) is 8.48. The number of hydrogen-bond donors (Lipinski definition) is 1. The zero-order chi connectivity index (χ0) is 14.8. The van der Waals surface area contributed by atoms with Crippen molar-refractivity contribution in [3.63, 3.8) is 0 Å². The summed E-state index contributed by atoms with van der Waals surface area (Å²) in [5.74, 6) is 0.131. The summed E-state index contributed by atoms with van der Waals surface area (Å²) in [4.78, 5) is 29.2. The van der Waals surface area contributed by atoms with Crippen molar-refractivity contribution in [3.05, 3.63) is 21.9 Å². The number of nitrogens with zero attached hydrogens (tertiary/aromatic N) is 2. The minimum atomic E-state index is 0.0136. The van der Waals surface area contributed by atoms with Gasteiger partial charge in [0.2, 0.25) is 0 Å². The van der Waals surface area contributed by atoms with Gasteiger partial charge >= 0.3 is 6.03 Å². The van der Waals surface area contributed by atoms with Crippen LogP contribution >= 0.6 is 11.3 Å². The van der Waals surface area contributed by atoms with Crippen molar-refractivity contribution in [2.45, 2.75) is 32.2 Å². The molecular weight excluding hydrogens is 286 g/mol. The predicted octanol–water partition coefficient (Wildman–Crippen LogP) is 1.94. The maximum atomic E-state index is 12.7. The van der Waals surface area contributed by atoms with Gasteiger partial charge in [0, 0.05) is 26.2 Å². The molecule has 3 heterocycles. The van der Waals surface area contributed by atoms with E-state index in [1.807, 2.05) is 21.2 Å². The van der Waals surface area contributed by atoms with Gasteiger partial charge in [-0.3, -0.25) is 4.79 Å². The van der Waals surface area contributed by atoms with Crippen molar-refractivity contribution >= 4 is 23.3 Å². The number of thiophene rings is 1. The fourth-order valence-electron chi connectivity index (χ4n) is 3.17. The Morgan fingerprint density at radius 3 is 3.05 bits per heavy atom. The summed E-state index contributed by atoms with van der Waals surface area (Å²) in [5, 5.41) is 4.83. The molecule has 1 aromatic heterocycles. The molecule has 2 saturated heterocycles. The standard InChI is InChI=1S/C15H21N3O2S/c1-2-11-5-9-21-13(11)14(19)17-7-3-4-12(10-17)18-8-6-16-15(18)20/h5,9,12H,2-4,6-8,10H2,1H3,(H,16,20)/t12-/m0/s1. The van der Waals surface area contributed by atoms with Crippen LogP contribution in [-0.2, 0) is 6.42 Å². The van der Waals surface area contributed by atoms with E-state index in [9.17, 15) is 9.59 Å². The van der Waals surface area contributed by atoms with E-state index in [1.165, 1.54) is 11.3 Å². The number of rotatable bonds is 3. The molecule has 1 N–H and O–H groups in total. The third kappa shape index (κ3) is 2.77. The molecule has 0 aliphatic carbocycles. The summed E-state index contributed by atoms with van der Waals surface area (Å²) in [7, 11) is 0. The summed E-state index contributed by atoms with van der Waals surface area (Å²) in [5.41, 5.74) is 1.13. The summed E-state index contributed by atoms with van der Waals surface area (Å²) >= 11 is 1.53. The monoisotopic (exact) mass is 307 g/mol. The third-order valence-electron chi connectivity index (χ3n) is 4.34. The molecule has 21 heavy (non-hydrogen) atoms. The van der Waals surface area contributed by atoms with Gasteiger partial charge in [-0.1, -0.05) is 6.92 Å². The average Bonchev–Trinajstić information content (AvgIpc) is 3.15. The van der Waals surface area contributed by atoms with Crippen molar-refractivity contribution in [2.24, 2.45) is 0 Å². The van der Waals surface area contributed by atoms with E-state index in [1.54, 1.807) is 0 Å². The summed E-state index contributed by atoms with van der Waals surface area (Å²) in [6.45, 7) is 5.00. The lowest BCUT2D eigenvalue weighted by Crippen LogP contribution is -2.50. The van der Waals surface area contributed by atoms with E-state index in [2.05, 4.69) is 12.2 Å². The van der Waals surface area contributed by atoms with Gasteiger partial charge in [-0.15, -0.1) is 11.3 Å². The minimum Gasteiger partial charge on any atom is -0.336 e. The number of carbonyl (C=O) groups excluding carboxylic acids is 2. The van der Waals surface area contributed by atoms with Crippen LogP contribution in [0.25, 0.3) is 0 Å². The quantitative estimate of drug-likeness (QED) is 0.928. The number of aryl methyl sites for hydroxylation is 1. The second-order valence-electron chi connectivity index (χ2n) is 5.60. The lowest BCUT2D eigenvalue weighted by atomic mass is 10.0. The normalized spacial score (nSPS) is 22.5. The van der Waals surface area contributed by atoms with E-state index < -0.39 is 0 Å². The van der Waals surface area contributed by atoms with Crippen molar-refractivity contribution in [3.8, 4) is 0 Å². The zero-order valence-corrected chi connectivity index (χ0v) is 13.1. The Balaban J connectivity index is 1.71. The Kier molecular flexibility index (Phi) is 4.14. The first-order chi connectivity index (χ1) is 10.2. The summed E-state index contributed by atoms with van der Waals surface area (Å²) in [6.07, 6.45) is 2.84.